The van der Waals surface area contributed by atoms with E-state index in [0.717, 1.165) is 19.3 Å². The summed E-state index contributed by atoms with van der Waals surface area (Å²) in [7, 11) is -0.244. The lowest BCUT2D eigenvalue weighted by Gasteiger charge is -2.32. The first-order valence-electron chi connectivity index (χ1n) is 7.24. The van der Waals surface area contributed by atoms with Crippen molar-refractivity contribution in [2.75, 3.05) is 27.2 Å². The number of halogens is 1. The Labute approximate surface area is 133 Å². The lowest BCUT2D eigenvalue weighted by Crippen LogP contribution is -2.46. The Balaban J connectivity index is 0.00000220. The van der Waals surface area contributed by atoms with Gasteiger partial charge in [0.15, 0.2) is 0 Å². The minimum atomic E-state index is -3.42. The van der Waals surface area contributed by atoms with Gasteiger partial charge in [0.2, 0.25) is 10.0 Å². The van der Waals surface area contributed by atoms with Gasteiger partial charge in [-0.05, 0) is 26.3 Å². The van der Waals surface area contributed by atoms with E-state index in [1.54, 1.807) is 4.31 Å². The highest BCUT2D eigenvalue weighted by Crippen LogP contribution is 2.33. The first kappa shape index (κ1) is 18.7. The molecule has 0 bridgehead atoms. The molecule has 3 unspecified atom stereocenters. The number of sulfonamides is 1. The molecule has 1 saturated carbocycles. The predicted molar refractivity (Wildman–Crippen MR) is 83.0 cm³/mol. The second-order valence-electron chi connectivity index (χ2n) is 5.63. The van der Waals surface area contributed by atoms with E-state index < -0.39 is 21.2 Å². The molecule has 1 heterocycles. The molecule has 0 aromatic heterocycles. The summed E-state index contributed by atoms with van der Waals surface area (Å²) in [4.78, 5) is 11.8. The molecule has 0 aromatic rings. The summed E-state index contributed by atoms with van der Waals surface area (Å²) in [6, 6.07) is 0.213. The van der Waals surface area contributed by atoms with Crippen LogP contribution in [-0.2, 0) is 19.6 Å². The Kier molecular flexibility index (Phi) is 6.90. The van der Waals surface area contributed by atoms with Crippen LogP contribution in [0.4, 0.5) is 0 Å². The molecule has 1 aliphatic heterocycles. The molecule has 1 saturated heterocycles. The van der Waals surface area contributed by atoms with Crippen molar-refractivity contribution < 1.29 is 17.9 Å². The number of likely N-dealkylation sites (N-methyl/N-ethyl adjacent to an activating group) is 1. The Morgan fingerprint density at radius 2 is 1.90 bits per heavy atom. The quantitative estimate of drug-likeness (QED) is 0.765. The van der Waals surface area contributed by atoms with Gasteiger partial charge < -0.3 is 10.1 Å². The number of hydrogen-bond acceptors (Lipinski definition) is 5. The van der Waals surface area contributed by atoms with Crippen LogP contribution in [0, 0.1) is 5.92 Å². The van der Waals surface area contributed by atoms with Gasteiger partial charge in [-0.15, -0.1) is 12.4 Å². The summed E-state index contributed by atoms with van der Waals surface area (Å²) in [6.07, 6.45) is 3.75. The predicted octanol–water partition coefficient (Wildman–Crippen LogP) is 0.763. The average molecular weight is 341 g/mol. The van der Waals surface area contributed by atoms with Crippen molar-refractivity contribution in [3.8, 4) is 0 Å². The van der Waals surface area contributed by atoms with Crippen molar-refractivity contribution >= 4 is 28.4 Å². The molecule has 1 aliphatic carbocycles. The molecule has 0 amide bonds. The topological polar surface area (TPSA) is 75.7 Å². The summed E-state index contributed by atoms with van der Waals surface area (Å²) < 4.78 is 31.9. The van der Waals surface area contributed by atoms with E-state index in [0.29, 0.717) is 25.9 Å². The fourth-order valence-corrected chi connectivity index (χ4v) is 5.52. The summed E-state index contributed by atoms with van der Waals surface area (Å²) in [5.74, 6) is -0.893. The molecular formula is C13H25ClN2O4S. The Bertz CT molecular complexity index is 457. The fraction of sp³-hybridized carbons (Fsp3) is 0.923. The second-order valence-corrected chi connectivity index (χ2v) is 7.78. The molecule has 21 heavy (non-hydrogen) atoms. The smallest absolute Gasteiger partial charge is 0.310 e. The van der Waals surface area contributed by atoms with Crippen molar-refractivity contribution in [1.82, 2.24) is 9.62 Å². The van der Waals surface area contributed by atoms with Crippen LogP contribution in [0.3, 0.4) is 0 Å². The molecule has 1 N–H and O–H groups in total. The maximum Gasteiger partial charge on any atom is 0.310 e. The van der Waals surface area contributed by atoms with Crippen molar-refractivity contribution in [3.05, 3.63) is 0 Å². The van der Waals surface area contributed by atoms with Gasteiger partial charge in [-0.2, -0.15) is 0 Å². The Morgan fingerprint density at radius 3 is 2.48 bits per heavy atom. The highest BCUT2D eigenvalue weighted by molar-refractivity contribution is 7.89. The van der Waals surface area contributed by atoms with Crippen LogP contribution < -0.4 is 5.32 Å². The minimum Gasteiger partial charge on any atom is -0.469 e. The van der Waals surface area contributed by atoms with E-state index in [-0.39, 0.29) is 24.4 Å². The largest absolute Gasteiger partial charge is 0.469 e. The third-order valence-corrected chi connectivity index (χ3v) is 6.89. The molecule has 2 fully saturated rings. The molecule has 0 radical (unpaired) electrons. The molecule has 0 aromatic carbocycles. The first-order valence-corrected chi connectivity index (χ1v) is 8.75. The second kappa shape index (κ2) is 7.76. The van der Waals surface area contributed by atoms with Gasteiger partial charge in [0, 0.05) is 19.1 Å². The van der Waals surface area contributed by atoms with E-state index in [2.05, 4.69) is 5.32 Å². The number of carbonyl (C=O) groups excluding carboxylic acids is 1. The third-order valence-electron chi connectivity index (χ3n) is 4.51. The van der Waals surface area contributed by atoms with Crippen LogP contribution in [0.25, 0.3) is 0 Å². The van der Waals surface area contributed by atoms with Gasteiger partial charge in [-0.3, -0.25) is 4.79 Å². The van der Waals surface area contributed by atoms with Gasteiger partial charge >= 0.3 is 5.97 Å². The van der Waals surface area contributed by atoms with Crippen LogP contribution in [0.2, 0.25) is 0 Å². The maximum atomic E-state index is 12.8. The number of nitrogens with one attached hydrogen (secondary N) is 1. The van der Waals surface area contributed by atoms with E-state index in [1.165, 1.54) is 7.11 Å². The molecule has 6 nitrogen and oxygen atoms in total. The van der Waals surface area contributed by atoms with Crippen LogP contribution >= 0.6 is 12.4 Å². The summed E-state index contributed by atoms with van der Waals surface area (Å²) in [5, 5.41) is 2.50. The van der Waals surface area contributed by atoms with Crippen molar-refractivity contribution in [2.24, 2.45) is 5.92 Å². The zero-order valence-corrected chi connectivity index (χ0v) is 14.2. The number of carbonyl (C=O) groups is 1. The average Bonchev–Trinajstić information content (AvgIpc) is 2.96. The van der Waals surface area contributed by atoms with E-state index in [9.17, 15) is 13.2 Å². The lowest BCUT2D eigenvalue weighted by atomic mass is 9.89. The van der Waals surface area contributed by atoms with Crippen molar-refractivity contribution in [3.63, 3.8) is 0 Å². The van der Waals surface area contributed by atoms with Crippen LogP contribution in [0.5, 0.6) is 0 Å². The van der Waals surface area contributed by atoms with Gasteiger partial charge in [-0.1, -0.05) is 12.8 Å². The van der Waals surface area contributed by atoms with Gasteiger partial charge in [-0.25, -0.2) is 12.7 Å². The number of esters is 1. The zero-order chi connectivity index (χ0) is 14.8. The van der Waals surface area contributed by atoms with Crippen molar-refractivity contribution in [1.29, 1.82) is 0 Å². The number of ether oxygens (including phenoxy) is 1. The van der Waals surface area contributed by atoms with Crippen LogP contribution in [-0.4, -0.2) is 57.2 Å². The number of methoxy groups -OCH3 is 1. The summed E-state index contributed by atoms with van der Waals surface area (Å²) in [6.45, 7) is 1.04. The molecule has 124 valence electrons. The molecule has 8 heteroatoms. The Hall–Kier alpha value is -0.370. The third kappa shape index (κ3) is 3.88. The van der Waals surface area contributed by atoms with E-state index in [1.807, 2.05) is 7.05 Å². The standard InChI is InChI=1S/C13H24N2O4S.ClH/c1-14-10-7-8-15(9-10)20(17,18)12-6-4-3-5-11(12)13(16)19-2;/h10-12,14H,3-9H2,1-2H3;1H. The Morgan fingerprint density at radius 1 is 1.24 bits per heavy atom. The van der Waals surface area contributed by atoms with Gasteiger partial charge in [0.25, 0.3) is 0 Å². The number of nitrogens with zero attached hydrogens (tertiary/aromatic N) is 1. The minimum absolute atomic E-state index is 0. The first-order chi connectivity index (χ1) is 9.50. The summed E-state index contributed by atoms with van der Waals surface area (Å²) in [5.41, 5.74) is 0. The summed E-state index contributed by atoms with van der Waals surface area (Å²) >= 11 is 0. The van der Waals surface area contributed by atoms with Crippen molar-refractivity contribution in [2.45, 2.75) is 43.4 Å². The molecular weight excluding hydrogens is 316 g/mol. The number of hydrogen-bond donors (Lipinski definition) is 1. The molecule has 2 aliphatic rings. The zero-order valence-electron chi connectivity index (χ0n) is 12.6. The van der Waals surface area contributed by atoms with Gasteiger partial charge in [0.1, 0.15) is 0 Å². The molecule has 2 rings (SSSR count). The highest BCUT2D eigenvalue weighted by Gasteiger charge is 2.44. The normalized spacial score (nSPS) is 30.7. The van der Waals surface area contributed by atoms with Crippen LogP contribution in [0.1, 0.15) is 32.1 Å². The van der Waals surface area contributed by atoms with E-state index >= 15 is 0 Å². The number of rotatable bonds is 4. The lowest BCUT2D eigenvalue weighted by molar-refractivity contribution is -0.146. The van der Waals surface area contributed by atoms with E-state index in [4.69, 9.17) is 4.74 Å². The maximum absolute atomic E-state index is 12.8. The molecule has 3 atom stereocenters. The SMILES string of the molecule is CNC1CCN(S(=O)(=O)C2CCCCC2C(=O)OC)C1.Cl. The molecule has 0 spiro atoms. The van der Waals surface area contributed by atoms with Crippen LogP contribution in [0.15, 0.2) is 0 Å². The fourth-order valence-electron chi connectivity index (χ4n) is 3.26. The van der Waals surface area contributed by atoms with Gasteiger partial charge in [0.05, 0.1) is 18.3 Å². The highest BCUT2D eigenvalue weighted by atomic mass is 35.5. The monoisotopic (exact) mass is 340 g/mol.